The van der Waals surface area contributed by atoms with Gasteiger partial charge in [0.2, 0.25) is 0 Å². The van der Waals surface area contributed by atoms with E-state index in [4.69, 9.17) is 0 Å². The highest BCUT2D eigenvalue weighted by Crippen LogP contribution is 2.49. The van der Waals surface area contributed by atoms with Gasteiger partial charge in [0.25, 0.3) is 0 Å². The number of nitrogens with one attached hydrogen (secondary N) is 1. The minimum atomic E-state index is -4.34. The number of aromatic nitrogens is 1. The van der Waals surface area contributed by atoms with Gasteiger partial charge in [0, 0.05) is 19.3 Å². The van der Waals surface area contributed by atoms with Crippen LogP contribution in [0.1, 0.15) is 24.1 Å². The zero-order valence-corrected chi connectivity index (χ0v) is 9.93. The van der Waals surface area contributed by atoms with E-state index < -0.39 is 11.9 Å². The second-order valence-corrected chi connectivity index (χ2v) is 5.63. The quantitative estimate of drug-likeness (QED) is 0.880. The molecule has 1 saturated heterocycles. The molecule has 5 heteroatoms. The minimum Gasteiger partial charge on any atom is -0.316 e. The van der Waals surface area contributed by atoms with E-state index in [0.717, 1.165) is 31.1 Å². The third kappa shape index (κ3) is 2.11. The van der Waals surface area contributed by atoms with E-state index in [9.17, 15) is 13.2 Å². The fourth-order valence-electron chi connectivity index (χ4n) is 3.12. The van der Waals surface area contributed by atoms with Gasteiger partial charge in [-0.1, -0.05) is 6.07 Å². The zero-order valence-electron chi connectivity index (χ0n) is 9.93. The third-order valence-corrected chi connectivity index (χ3v) is 4.08. The predicted octanol–water partition coefficient (Wildman–Crippen LogP) is 2.64. The topological polar surface area (TPSA) is 24.9 Å². The van der Waals surface area contributed by atoms with E-state index in [-0.39, 0.29) is 0 Å². The van der Waals surface area contributed by atoms with Crippen molar-refractivity contribution in [2.45, 2.75) is 25.4 Å². The maximum Gasteiger partial charge on any atom is 0.433 e. The molecule has 0 amide bonds. The van der Waals surface area contributed by atoms with Crippen molar-refractivity contribution in [1.82, 2.24) is 10.3 Å². The molecule has 1 aromatic heterocycles. The summed E-state index contributed by atoms with van der Waals surface area (Å²) in [7, 11) is 0. The summed E-state index contributed by atoms with van der Waals surface area (Å²) in [5.41, 5.74) is 0.624. The zero-order chi connectivity index (χ0) is 12.8. The van der Waals surface area contributed by atoms with Crippen LogP contribution in [0.4, 0.5) is 13.2 Å². The summed E-state index contributed by atoms with van der Waals surface area (Å²) in [5, 5.41) is 3.28. The molecule has 1 spiro atoms. The van der Waals surface area contributed by atoms with Gasteiger partial charge in [-0.25, -0.2) is 0 Å². The largest absolute Gasteiger partial charge is 0.433 e. The molecule has 2 fully saturated rings. The van der Waals surface area contributed by atoms with Crippen LogP contribution in [0, 0.1) is 11.3 Å². The molecule has 1 aliphatic carbocycles. The Hall–Kier alpha value is -1.10. The molecule has 2 aliphatic rings. The lowest BCUT2D eigenvalue weighted by molar-refractivity contribution is -0.141. The molecule has 1 saturated carbocycles. The van der Waals surface area contributed by atoms with Crippen LogP contribution in [0.3, 0.4) is 0 Å². The number of pyridine rings is 1. The van der Waals surface area contributed by atoms with E-state index in [1.54, 1.807) is 6.07 Å². The molecule has 2 heterocycles. The molecule has 0 unspecified atom stereocenters. The molecule has 3 rings (SSSR count). The predicted molar refractivity (Wildman–Crippen MR) is 61.0 cm³/mol. The Kier molecular flexibility index (Phi) is 2.62. The van der Waals surface area contributed by atoms with Crippen molar-refractivity contribution in [1.29, 1.82) is 0 Å². The average Bonchev–Trinajstić information content (AvgIpc) is 2.19. The van der Waals surface area contributed by atoms with Crippen LogP contribution < -0.4 is 5.32 Å². The summed E-state index contributed by atoms with van der Waals surface area (Å²) in [6.45, 7) is 2.21. The average molecular weight is 256 g/mol. The van der Waals surface area contributed by atoms with Gasteiger partial charge < -0.3 is 5.32 Å². The number of halogens is 3. The first kappa shape index (κ1) is 12.0. The molecule has 1 aromatic rings. The van der Waals surface area contributed by atoms with Crippen molar-refractivity contribution in [3.8, 4) is 0 Å². The molecule has 1 N–H and O–H groups in total. The lowest BCUT2D eigenvalue weighted by Gasteiger charge is -2.54. The highest BCUT2D eigenvalue weighted by molar-refractivity contribution is 5.18. The van der Waals surface area contributed by atoms with Gasteiger partial charge >= 0.3 is 6.18 Å². The van der Waals surface area contributed by atoms with E-state index in [1.807, 2.05) is 0 Å². The number of alkyl halides is 3. The van der Waals surface area contributed by atoms with Gasteiger partial charge in [-0.15, -0.1) is 0 Å². The van der Waals surface area contributed by atoms with Crippen molar-refractivity contribution in [2.24, 2.45) is 11.3 Å². The Morgan fingerprint density at radius 2 is 2.00 bits per heavy atom. The normalized spacial score (nSPS) is 22.6. The van der Waals surface area contributed by atoms with Gasteiger partial charge in [-0.05, 0) is 42.2 Å². The number of hydrogen-bond acceptors (Lipinski definition) is 2. The molecule has 0 atom stereocenters. The van der Waals surface area contributed by atoms with Crippen LogP contribution in [0.2, 0.25) is 0 Å². The molecule has 2 nitrogen and oxygen atoms in total. The SMILES string of the molecule is FC(F)(F)c1ccc(CC2CC3(CNC3)C2)cn1. The van der Waals surface area contributed by atoms with E-state index >= 15 is 0 Å². The molecule has 18 heavy (non-hydrogen) atoms. The van der Waals surface area contributed by atoms with Crippen molar-refractivity contribution in [3.63, 3.8) is 0 Å². The van der Waals surface area contributed by atoms with Crippen LogP contribution in [0.5, 0.6) is 0 Å². The first-order chi connectivity index (χ1) is 8.47. The minimum absolute atomic E-state index is 0.518. The van der Waals surface area contributed by atoms with Gasteiger partial charge in [-0.3, -0.25) is 4.98 Å². The smallest absolute Gasteiger partial charge is 0.316 e. The summed E-state index contributed by atoms with van der Waals surface area (Å²) in [6.07, 6.45) is 0.276. The second kappa shape index (κ2) is 3.95. The molecule has 0 aromatic carbocycles. The standard InChI is InChI=1S/C13H15F3N2/c14-13(15,16)11-2-1-9(6-18-11)3-10-4-12(5-10)7-17-8-12/h1-2,6,10,17H,3-5,7-8H2. The maximum atomic E-state index is 12.3. The summed E-state index contributed by atoms with van der Waals surface area (Å²) >= 11 is 0. The number of hydrogen-bond donors (Lipinski definition) is 1. The second-order valence-electron chi connectivity index (χ2n) is 5.63. The highest BCUT2D eigenvalue weighted by atomic mass is 19.4. The summed E-state index contributed by atoms with van der Waals surface area (Å²) < 4.78 is 37.0. The van der Waals surface area contributed by atoms with Gasteiger partial charge in [0.1, 0.15) is 5.69 Å². The first-order valence-electron chi connectivity index (χ1n) is 6.20. The van der Waals surface area contributed by atoms with Gasteiger partial charge in [0.05, 0.1) is 0 Å². The Balaban J connectivity index is 1.57. The third-order valence-electron chi connectivity index (χ3n) is 4.08. The van der Waals surface area contributed by atoms with E-state index in [0.29, 0.717) is 11.3 Å². The molecule has 98 valence electrons. The van der Waals surface area contributed by atoms with Gasteiger partial charge in [0.15, 0.2) is 0 Å². The van der Waals surface area contributed by atoms with Crippen molar-refractivity contribution < 1.29 is 13.2 Å². The molecule has 0 bridgehead atoms. The summed E-state index contributed by atoms with van der Waals surface area (Å²) in [5.74, 6) is 0.616. The highest BCUT2D eigenvalue weighted by Gasteiger charge is 2.47. The van der Waals surface area contributed by atoms with Crippen LogP contribution in [0.15, 0.2) is 18.3 Å². The van der Waals surface area contributed by atoms with Crippen molar-refractivity contribution >= 4 is 0 Å². The van der Waals surface area contributed by atoms with E-state index in [1.165, 1.54) is 19.0 Å². The fourth-order valence-corrected chi connectivity index (χ4v) is 3.12. The van der Waals surface area contributed by atoms with Crippen LogP contribution in [-0.4, -0.2) is 18.1 Å². The summed E-state index contributed by atoms with van der Waals surface area (Å²) in [6, 6.07) is 2.63. The lowest BCUT2D eigenvalue weighted by Crippen LogP contribution is -2.60. The lowest BCUT2D eigenvalue weighted by atomic mass is 9.57. The first-order valence-corrected chi connectivity index (χ1v) is 6.20. The Morgan fingerprint density at radius 3 is 2.44 bits per heavy atom. The molecule has 0 radical (unpaired) electrons. The van der Waals surface area contributed by atoms with E-state index in [2.05, 4.69) is 10.3 Å². The van der Waals surface area contributed by atoms with Crippen molar-refractivity contribution in [3.05, 3.63) is 29.6 Å². The maximum absolute atomic E-state index is 12.3. The molecular formula is C13H15F3N2. The molecular weight excluding hydrogens is 241 g/mol. The Morgan fingerprint density at radius 1 is 1.28 bits per heavy atom. The Labute approximate surface area is 104 Å². The Bertz CT molecular complexity index is 427. The fraction of sp³-hybridized carbons (Fsp3) is 0.615. The number of rotatable bonds is 2. The van der Waals surface area contributed by atoms with Crippen molar-refractivity contribution in [2.75, 3.05) is 13.1 Å². The number of nitrogens with zero attached hydrogens (tertiary/aromatic N) is 1. The molecule has 1 aliphatic heterocycles. The van der Waals surface area contributed by atoms with Crippen LogP contribution in [-0.2, 0) is 12.6 Å². The summed E-state index contributed by atoms with van der Waals surface area (Å²) in [4.78, 5) is 3.49. The van der Waals surface area contributed by atoms with Crippen LogP contribution >= 0.6 is 0 Å². The monoisotopic (exact) mass is 256 g/mol. The van der Waals surface area contributed by atoms with Crippen LogP contribution in [0.25, 0.3) is 0 Å². The van der Waals surface area contributed by atoms with Gasteiger partial charge in [-0.2, -0.15) is 13.2 Å².